The second-order valence-electron chi connectivity index (χ2n) is 6.43. The van der Waals surface area contributed by atoms with E-state index in [4.69, 9.17) is 0 Å². The van der Waals surface area contributed by atoms with Crippen LogP contribution >= 0.6 is 0 Å². The van der Waals surface area contributed by atoms with E-state index in [-0.39, 0.29) is 11.8 Å². The van der Waals surface area contributed by atoms with E-state index in [2.05, 4.69) is 21.9 Å². The molecule has 31 heavy (non-hydrogen) atoms. The maximum absolute atomic E-state index is 12.6. The quantitative estimate of drug-likeness (QED) is 0.733. The van der Waals surface area contributed by atoms with Gasteiger partial charge < -0.3 is 15.1 Å². The lowest BCUT2D eigenvalue weighted by molar-refractivity contribution is -0.136. The number of carbonyl (C=O) groups excluding carboxylic acids is 2. The number of anilines is 2. The van der Waals surface area contributed by atoms with Crippen LogP contribution in [0.25, 0.3) is 0 Å². The van der Waals surface area contributed by atoms with E-state index in [0.717, 1.165) is 16.9 Å². The summed E-state index contributed by atoms with van der Waals surface area (Å²) in [5.41, 5.74) is 2.64. The Morgan fingerprint density at radius 3 is 2.32 bits per heavy atom. The van der Waals surface area contributed by atoms with Crippen LogP contribution in [0, 0.1) is 6.92 Å². The lowest BCUT2D eigenvalue weighted by Crippen LogP contribution is -2.50. The molecule has 1 aliphatic heterocycles. The average molecular weight is 426 g/mol. The molecule has 2 amide bonds. The number of nitrogens with one attached hydrogen (secondary N) is 1. The van der Waals surface area contributed by atoms with Crippen LogP contribution in [0.5, 0.6) is 0 Å². The Balaban J connectivity index is 0.00000113. The molecule has 2 aromatic rings. The highest BCUT2D eigenvalue weighted by Crippen LogP contribution is 2.16. The van der Waals surface area contributed by atoms with Crippen molar-refractivity contribution in [2.75, 3.05) is 31.5 Å². The fraction of sp³-hybridized carbons (Fsp3) is 0.417. The van der Waals surface area contributed by atoms with Crippen molar-refractivity contribution in [1.29, 1.82) is 0 Å². The normalized spacial score (nSPS) is 12.5. The molecule has 168 valence electrons. The van der Waals surface area contributed by atoms with Gasteiger partial charge in [0.1, 0.15) is 0 Å². The number of hydrogen-bond acceptors (Lipinski definition) is 5. The molecule has 0 atom stereocenters. The van der Waals surface area contributed by atoms with Gasteiger partial charge in [-0.25, -0.2) is 9.97 Å². The van der Waals surface area contributed by atoms with Crippen molar-refractivity contribution in [2.45, 2.75) is 41.0 Å². The highest BCUT2D eigenvalue weighted by atomic mass is 16.2. The van der Waals surface area contributed by atoms with Crippen LogP contribution in [-0.2, 0) is 16.0 Å². The van der Waals surface area contributed by atoms with Crippen molar-refractivity contribution < 1.29 is 9.59 Å². The summed E-state index contributed by atoms with van der Waals surface area (Å²) in [5, 5.41) is 3.16. The Hall–Kier alpha value is -3.22. The van der Waals surface area contributed by atoms with Crippen LogP contribution in [0.2, 0.25) is 0 Å². The van der Waals surface area contributed by atoms with E-state index < -0.39 is 0 Å². The van der Waals surface area contributed by atoms with Gasteiger partial charge in [0.25, 0.3) is 0 Å². The van der Waals surface area contributed by atoms with Crippen molar-refractivity contribution in [3.8, 4) is 0 Å². The number of carbonyl (C=O) groups is 2. The second kappa shape index (κ2) is 13.9. The minimum absolute atomic E-state index is 0.0599. The zero-order chi connectivity index (χ0) is 23.2. The standard InChI is InChI=1S/C20H23N5O2.2C2H6/c1-3-18(26)24-9-11-25(12-10-24)19(27)14-16-5-4-6-17(13-16)23-20-21-8-7-15(2)22-20;2*1-2/h3-8,13H,1,9-12,14H2,2H3,(H,21,22,23);2*1-2H3. The molecule has 1 aromatic carbocycles. The smallest absolute Gasteiger partial charge is 0.246 e. The first kappa shape index (κ1) is 25.8. The third-order valence-corrected chi connectivity index (χ3v) is 4.45. The zero-order valence-corrected chi connectivity index (χ0v) is 19.4. The zero-order valence-electron chi connectivity index (χ0n) is 19.4. The molecular weight excluding hydrogens is 390 g/mol. The summed E-state index contributed by atoms with van der Waals surface area (Å²) in [6, 6.07) is 9.52. The molecule has 1 aliphatic rings. The molecule has 0 bridgehead atoms. The molecule has 0 unspecified atom stereocenters. The van der Waals surface area contributed by atoms with Crippen LogP contribution < -0.4 is 5.32 Å². The minimum Gasteiger partial charge on any atom is -0.339 e. The van der Waals surface area contributed by atoms with Gasteiger partial charge in [-0.05, 0) is 36.8 Å². The Morgan fingerprint density at radius 2 is 1.71 bits per heavy atom. The summed E-state index contributed by atoms with van der Waals surface area (Å²) in [6.45, 7) is 15.6. The summed E-state index contributed by atoms with van der Waals surface area (Å²) < 4.78 is 0. The van der Waals surface area contributed by atoms with E-state index in [1.54, 1.807) is 16.0 Å². The maximum Gasteiger partial charge on any atom is 0.246 e. The molecule has 7 nitrogen and oxygen atoms in total. The van der Waals surface area contributed by atoms with E-state index in [0.29, 0.717) is 38.5 Å². The molecule has 0 spiro atoms. The third kappa shape index (κ3) is 8.20. The average Bonchev–Trinajstić information content (AvgIpc) is 2.81. The van der Waals surface area contributed by atoms with Crippen LogP contribution in [0.3, 0.4) is 0 Å². The molecular formula is C24H35N5O2. The largest absolute Gasteiger partial charge is 0.339 e. The Bertz CT molecular complexity index is 845. The van der Waals surface area contributed by atoms with Crippen LogP contribution in [0.4, 0.5) is 11.6 Å². The van der Waals surface area contributed by atoms with Crippen molar-refractivity contribution in [2.24, 2.45) is 0 Å². The Morgan fingerprint density at radius 1 is 1.06 bits per heavy atom. The molecule has 2 heterocycles. The number of aryl methyl sites for hydroxylation is 1. The van der Waals surface area contributed by atoms with Crippen LogP contribution in [0.1, 0.15) is 39.0 Å². The number of aromatic nitrogens is 2. The predicted octanol–water partition coefficient (Wildman–Crippen LogP) is 3.98. The van der Waals surface area contributed by atoms with Gasteiger partial charge in [0, 0.05) is 43.8 Å². The molecule has 1 saturated heterocycles. The SMILES string of the molecule is C=CC(=O)N1CCN(C(=O)Cc2cccc(Nc3nccc(C)n3)c2)CC1.CC.CC. The van der Waals surface area contributed by atoms with E-state index in [1.165, 1.54) is 6.08 Å². The summed E-state index contributed by atoms with van der Waals surface area (Å²) in [4.78, 5) is 36.2. The lowest BCUT2D eigenvalue weighted by atomic mass is 10.1. The summed E-state index contributed by atoms with van der Waals surface area (Å²) in [7, 11) is 0. The van der Waals surface area contributed by atoms with Crippen molar-refractivity contribution >= 4 is 23.5 Å². The van der Waals surface area contributed by atoms with Crippen molar-refractivity contribution in [3.05, 3.63) is 60.4 Å². The van der Waals surface area contributed by atoms with Gasteiger partial charge in [-0.2, -0.15) is 0 Å². The van der Waals surface area contributed by atoms with Gasteiger partial charge in [0.15, 0.2) is 0 Å². The first-order valence-corrected chi connectivity index (χ1v) is 10.9. The number of nitrogens with zero attached hydrogens (tertiary/aromatic N) is 4. The van der Waals surface area contributed by atoms with E-state index >= 15 is 0 Å². The Labute approximate surface area is 186 Å². The minimum atomic E-state index is -0.0840. The number of piperazine rings is 1. The van der Waals surface area contributed by atoms with Crippen LogP contribution in [0.15, 0.2) is 49.2 Å². The fourth-order valence-electron chi connectivity index (χ4n) is 2.99. The number of benzene rings is 1. The highest BCUT2D eigenvalue weighted by molar-refractivity contribution is 5.87. The first-order chi connectivity index (χ1) is 15.0. The van der Waals surface area contributed by atoms with Crippen molar-refractivity contribution in [1.82, 2.24) is 19.8 Å². The van der Waals surface area contributed by atoms with Crippen LogP contribution in [-0.4, -0.2) is 57.8 Å². The number of rotatable bonds is 5. The molecule has 1 aromatic heterocycles. The van der Waals surface area contributed by atoms with Gasteiger partial charge in [0.05, 0.1) is 6.42 Å². The number of amides is 2. The molecule has 0 aliphatic carbocycles. The highest BCUT2D eigenvalue weighted by Gasteiger charge is 2.22. The Kier molecular flexibility index (Phi) is 11.6. The predicted molar refractivity (Wildman–Crippen MR) is 126 cm³/mol. The molecule has 0 saturated carbocycles. The van der Waals surface area contributed by atoms with Gasteiger partial charge in [0.2, 0.25) is 17.8 Å². The topological polar surface area (TPSA) is 78.4 Å². The maximum atomic E-state index is 12.6. The summed E-state index contributed by atoms with van der Waals surface area (Å²) in [5.74, 6) is 0.505. The van der Waals surface area contributed by atoms with E-state index in [1.807, 2.05) is 65.0 Å². The van der Waals surface area contributed by atoms with E-state index in [9.17, 15) is 9.59 Å². The molecule has 1 fully saturated rings. The fourth-order valence-corrected chi connectivity index (χ4v) is 2.99. The molecule has 0 radical (unpaired) electrons. The first-order valence-electron chi connectivity index (χ1n) is 10.9. The molecule has 1 N–H and O–H groups in total. The molecule has 7 heteroatoms. The van der Waals surface area contributed by atoms with Gasteiger partial charge >= 0.3 is 0 Å². The van der Waals surface area contributed by atoms with Gasteiger partial charge in [-0.1, -0.05) is 46.4 Å². The van der Waals surface area contributed by atoms with Crippen molar-refractivity contribution in [3.63, 3.8) is 0 Å². The number of hydrogen-bond donors (Lipinski definition) is 1. The third-order valence-electron chi connectivity index (χ3n) is 4.45. The lowest BCUT2D eigenvalue weighted by Gasteiger charge is -2.34. The summed E-state index contributed by atoms with van der Waals surface area (Å²) >= 11 is 0. The monoisotopic (exact) mass is 425 g/mol. The van der Waals surface area contributed by atoms with Gasteiger partial charge in [-0.3, -0.25) is 9.59 Å². The molecule has 3 rings (SSSR count). The second-order valence-corrected chi connectivity index (χ2v) is 6.43. The summed E-state index contributed by atoms with van der Waals surface area (Å²) in [6.07, 6.45) is 3.34. The van der Waals surface area contributed by atoms with Gasteiger partial charge in [-0.15, -0.1) is 0 Å².